The monoisotopic (exact) mass is 311 g/mol. The van der Waals surface area contributed by atoms with Crippen molar-refractivity contribution in [1.82, 2.24) is 0 Å². The van der Waals surface area contributed by atoms with Crippen molar-refractivity contribution < 1.29 is 8.78 Å². The molecule has 1 nitrogen and oxygen atoms in total. The Balaban J connectivity index is 2.25. The molecule has 0 bridgehead atoms. The highest BCUT2D eigenvalue weighted by Crippen LogP contribution is 2.27. The average Bonchev–Trinajstić information content (AvgIpc) is 2.34. The van der Waals surface area contributed by atoms with E-state index in [4.69, 9.17) is 0 Å². The largest absolute Gasteiger partial charge is 0.374 e. The van der Waals surface area contributed by atoms with Crippen LogP contribution < -0.4 is 5.32 Å². The SMILES string of the molecule is CC(Nc1c(F)cc(Br)cc1F)c1ccccc1. The van der Waals surface area contributed by atoms with Crippen LogP contribution >= 0.6 is 15.9 Å². The van der Waals surface area contributed by atoms with Gasteiger partial charge in [0.1, 0.15) is 17.3 Å². The quantitative estimate of drug-likeness (QED) is 0.850. The van der Waals surface area contributed by atoms with Crippen LogP contribution in [0, 0.1) is 11.6 Å². The van der Waals surface area contributed by atoms with Crippen LogP contribution in [0.5, 0.6) is 0 Å². The van der Waals surface area contributed by atoms with Gasteiger partial charge in [-0.2, -0.15) is 0 Å². The molecule has 1 atom stereocenters. The maximum atomic E-state index is 13.7. The predicted octanol–water partition coefficient (Wildman–Crippen LogP) is 4.90. The number of hydrogen-bond donors (Lipinski definition) is 1. The van der Waals surface area contributed by atoms with Crippen LogP contribution in [0.2, 0.25) is 0 Å². The van der Waals surface area contributed by atoms with E-state index in [-0.39, 0.29) is 11.7 Å². The topological polar surface area (TPSA) is 12.0 Å². The second-order valence-electron chi connectivity index (χ2n) is 4.02. The summed E-state index contributed by atoms with van der Waals surface area (Å²) in [5.41, 5.74) is 0.869. The molecule has 0 saturated heterocycles. The Morgan fingerprint density at radius 2 is 1.61 bits per heavy atom. The molecule has 0 aliphatic carbocycles. The first-order chi connectivity index (χ1) is 8.58. The molecule has 1 unspecified atom stereocenters. The smallest absolute Gasteiger partial charge is 0.150 e. The van der Waals surface area contributed by atoms with E-state index in [1.807, 2.05) is 37.3 Å². The summed E-state index contributed by atoms with van der Waals surface area (Å²) >= 11 is 3.05. The normalized spacial score (nSPS) is 12.2. The summed E-state index contributed by atoms with van der Waals surface area (Å²) in [5.74, 6) is -1.21. The van der Waals surface area contributed by atoms with Crippen molar-refractivity contribution in [3.05, 3.63) is 64.1 Å². The van der Waals surface area contributed by atoms with Crippen LogP contribution in [0.15, 0.2) is 46.9 Å². The van der Waals surface area contributed by atoms with Crippen LogP contribution in [0.25, 0.3) is 0 Å². The average molecular weight is 312 g/mol. The molecule has 0 fully saturated rings. The zero-order valence-corrected chi connectivity index (χ0v) is 11.3. The fourth-order valence-electron chi connectivity index (χ4n) is 1.72. The number of rotatable bonds is 3. The van der Waals surface area contributed by atoms with E-state index in [0.29, 0.717) is 4.47 Å². The lowest BCUT2D eigenvalue weighted by Crippen LogP contribution is -2.09. The van der Waals surface area contributed by atoms with Gasteiger partial charge in [-0.15, -0.1) is 0 Å². The molecule has 4 heteroatoms. The van der Waals surface area contributed by atoms with Gasteiger partial charge in [-0.25, -0.2) is 8.78 Å². The van der Waals surface area contributed by atoms with Crippen LogP contribution in [0.1, 0.15) is 18.5 Å². The number of anilines is 1. The Bertz CT molecular complexity index is 520. The minimum absolute atomic E-state index is 0.102. The van der Waals surface area contributed by atoms with E-state index in [1.54, 1.807) is 0 Å². The summed E-state index contributed by atoms with van der Waals surface area (Å²) in [4.78, 5) is 0. The lowest BCUT2D eigenvalue weighted by Gasteiger charge is -2.17. The van der Waals surface area contributed by atoms with Crippen molar-refractivity contribution in [2.24, 2.45) is 0 Å². The van der Waals surface area contributed by atoms with Crippen LogP contribution in [0.4, 0.5) is 14.5 Å². The van der Waals surface area contributed by atoms with Gasteiger partial charge in [-0.3, -0.25) is 0 Å². The molecule has 0 amide bonds. The van der Waals surface area contributed by atoms with Crippen LogP contribution in [-0.4, -0.2) is 0 Å². The third-order valence-electron chi connectivity index (χ3n) is 2.67. The van der Waals surface area contributed by atoms with Crippen LogP contribution in [0.3, 0.4) is 0 Å². The molecule has 0 aliphatic heterocycles. The molecular weight excluding hydrogens is 300 g/mol. The van der Waals surface area contributed by atoms with E-state index in [1.165, 1.54) is 12.1 Å². The first-order valence-electron chi connectivity index (χ1n) is 5.54. The predicted molar refractivity (Wildman–Crippen MR) is 72.5 cm³/mol. The molecule has 1 N–H and O–H groups in total. The molecule has 0 spiro atoms. The highest BCUT2D eigenvalue weighted by atomic mass is 79.9. The van der Waals surface area contributed by atoms with E-state index < -0.39 is 11.6 Å². The maximum Gasteiger partial charge on any atom is 0.150 e. The first kappa shape index (κ1) is 13.0. The van der Waals surface area contributed by atoms with E-state index in [9.17, 15) is 8.78 Å². The Hall–Kier alpha value is -1.42. The molecule has 2 rings (SSSR count). The number of hydrogen-bond acceptors (Lipinski definition) is 1. The van der Waals surface area contributed by atoms with Gasteiger partial charge in [0, 0.05) is 10.5 Å². The van der Waals surface area contributed by atoms with Crippen molar-refractivity contribution in [2.75, 3.05) is 5.32 Å². The van der Waals surface area contributed by atoms with Crippen molar-refractivity contribution in [3.8, 4) is 0 Å². The fourth-order valence-corrected chi connectivity index (χ4v) is 2.12. The van der Waals surface area contributed by atoms with Crippen molar-refractivity contribution in [2.45, 2.75) is 13.0 Å². The van der Waals surface area contributed by atoms with Gasteiger partial charge in [-0.05, 0) is 24.6 Å². The van der Waals surface area contributed by atoms with E-state index in [2.05, 4.69) is 21.2 Å². The lowest BCUT2D eigenvalue weighted by molar-refractivity contribution is 0.583. The molecule has 2 aromatic carbocycles. The Morgan fingerprint density at radius 1 is 1.06 bits per heavy atom. The van der Waals surface area contributed by atoms with Gasteiger partial charge in [0.05, 0.1) is 0 Å². The van der Waals surface area contributed by atoms with Gasteiger partial charge >= 0.3 is 0 Å². The molecule has 0 saturated carbocycles. The van der Waals surface area contributed by atoms with E-state index in [0.717, 1.165) is 5.56 Å². The standard InChI is InChI=1S/C14H12BrF2N/c1-9(10-5-3-2-4-6-10)18-14-12(16)7-11(15)8-13(14)17/h2-9,18H,1H3. The maximum absolute atomic E-state index is 13.7. The third-order valence-corrected chi connectivity index (χ3v) is 3.13. The minimum atomic E-state index is -0.607. The molecule has 94 valence electrons. The van der Waals surface area contributed by atoms with Gasteiger partial charge < -0.3 is 5.32 Å². The zero-order valence-electron chi connectivity index (χ0n) is 9.75. The van der Waals surface area contributed by atoms with E-state index >= 15 is 0 Å². The van der Waals surface area contributed by atoms with Crippen molar-refractivity contribution in [1.29, 1.82) is 0 Å². The summed E-state index contributed by atoms with van der Waals surface area (Å²) < 4.78 is 27.7. The number of halogens is 3. The third kappa shape index (κ3) is 2.88. The summed E-state index contributed by atoms with van der Waals surface area (Å²) in [6.07, 6.45) is 0. The number of benzene rings is 2. The Kier molecular flexibility index (Phi) is 3.97. The minimum Gasteiger partial charge on any atom is -0.374 e. The van der Waals surface area contributed by atoms with Crippen molar-refractivity contribution in [3.63, 3.8) is 0 Å². The summed E-state index contributed by atoms with van der Waals surface area (Å²) in [6.45, 7) is 1.86. The molecule has 0 aromatic heterocycles. The summed E-state index contributed by atoms with van der Waals surface area (Å²) in [6, 6.07) is 11.8. The van der Waals surface area contributed by atoms with Gasteiger partial charge in [-0.1, -0.05) is 46.3 Å². The van der Waals surface area contributed by atoms with Gasteiger partial charge in [0.15, 0.2) is 0 Å². The van der Waals surface area contributed by atoms with Crippen molar-refractivity contribution >= 4 is 21.6 Å². The Morgan fingerprint density at radius 3 is 2.17 bits per heavy atom. The summed E-state index contributed by atoms with van der Waals surface area (Å²) in [5, 5.41) is 2.85. The first-order valence-corrected chi connectivity index (χ1v) is 6.33. The lowest BCUT2D eigenvalue weighted by atomic mass is 10.1. The molecule has 18 heavy (non-hydrogen) atoms. The van der Waals surface area contributed by atoms with Gasteiger partial charge in [0.2, 0.25) is 0 Å². The van der Waals surface area contributed by atoms with Crippen LogP contribution in [-0.2, 0) is 0 Å². The fraction of sp³-hybridized carbons (Fsp3) is 0.143. The van der Waals surface area contributed by atoms with Gasteiger partial charge in [0.25, 0.3) is 0 Å². The highest BCUT2D eigenvalue weighted by Gasteiger charge is 2.13. The number of nitrogens with one attached hydrogen (secondary N) is 1. The molecule has 0 radical (unpaired) electrons. The zero-order chi connectivity index (χ0) is 13.1. The molecule has 2 aromatic rings. The molecule has 0 heterocycles. The molecular formula is C14H12BrF2N. The Labute approximate surface area is 113 Å². The second-order valence-corrected chi connectivity index (χ2v) is 4.94. The second kappa shape index (κ2) is 5.48. The highest BCUT2D eigenvalue weighted by molar-refractivity contribution is 9.10. The molecule has 0 aliphatic rings. The summed E-state index contributed by atoms with van der Waals surface area (Å²) in [7, 11) is 0.